The third kappa shape index (κ3) is 3.06. The quantitative estimate of drug-likeness (QED) is 0.867. The van der Waals surface area contributed by atoms with Crippen molar-refractivity contribution in [2.24, 2.45) is 0 Å². The van der Waals surface area contributed by atoms with Gasteiger partial charge in [0.15, 0.2) is 5.13 Å². The monoisotopic (exact) mass is 330 g/mol. The van der Waals surface area contributed by atoms with Crippen LogP contribution in [0.3, 0.4) is 0 Å². The van der Waals surface area contributed by atoms with Crippen LogP contribution in [0.15, 0.2) is 34.1 Å². The Bertz CT molecular complexity index is 544. The van der Waals surface area contributed by atoms with Crippen molar-refractivity contribution < 1.29 is 4.79 Å². The number of nitrogens with zero attached hydrogens (tertiary/aromatic N) is 1. The summed E-state index contributed by atoms with van der Waals surface area (Å²) in [5, 5.41) is 5.11. The Balaban J connectivity index is 2.14. The number of carbonyl (C=O) groups excluding carboxylic acids is 1. The Kier molecular flexibility index (Phi) is 4.15. The van der Waals surface area contributed by atoms with E-state index >= 15 is 0 Å². The highest BCUT2D eigenvalue weighted by Crippen LogP contribution is 2.20. The van der Waals surface area contributed by atoms with E-state index in [9.17, 15) is 4.79 Å². The van der Waals surface area contributed by atoms with Crippen LogP contribution in [0.1, 0.15) is 16.1 Å². The predicted molar refractivity (Wildman–Crippen MR) is 73.8 cm³/mol. The Hall–Kier alpha value is -0.910. The molecular formula is C11H8BrClN2OS. The van der Waals surface area contributed by atoms with Crippen LogP contribution in [0, 0.1) is 0 Å². The molecule has 88 valence electrons. The Morgan fingerprint density at radius 3 is 2.88 bits per heavy atom. The van der Waals surface area contributed by atoms with Crippen molar-refractivity contribution >= 4 is 49.9 Å². The topological polar surface area (TPSA) is 42.0 Å². The van der Waals surface area contributed by atoms with E-state index in [2.05, 4.69) is 26.2 Å². The first-order valence-corrected chi connectivity index (χ1v) is 6.97. The highest BCUT2D eigenvalue weighted by Gasteiger charge is 2.11. The first kappa shape index (κ1) is 12.5. The van der Waals surface area contributed by atoms with Crippen LogP contribution in [0.5, 0.6) is 0 Å². The van der Waals surface area contributed by atoms with Gasteiger partial charge < -0.3 is 0 Å². The molecule has 0 saturated heterocycles. The smallest absolute Gasteiger partial charge is 0.258 e. The van der Waals surface area contributed by atoms with Gasteiger partial charge in [-0.15, -0.1) is 22.9 Å². The number of aromatic nitrogens is 1. The van der Waals surface area contributed by atoms with E-state index in [-0.39, 0.29) is 5.91 Å². The van der Waals surface area contributed by atoms with Crippen molar-refractivity contribution in [1.82, 2.24) is 4.98 Å². The van der Waals surface area contributed by atoms with Crippen molar-refractivity contribution in [2.75, 3.05) is 5.32 Å². The third-order valence-corrected chi connectivity index (χ3v) is 3.80. The van der Waals surface area contributed by atoms with E-state index in [0.29, 0.717) is 16.6 Å². The van der Waals surface area contributed by atoms with Crippen LogP contribution in [0.25, 0.3) is 0 Å². The van der Waals surface area contributed by atoms with Crippen LogP contribution < -0.4 is 5.32 Å². The second-order valence-corrected chi connectivity index (χ2v) is 5.19. The maximum Gasteiger partial charge on any atom is 0.258 e. The lowest BCUT2D eigenvalue weighted by atomic mass is 10.2. The van der Waals surface area contributed by atoms with Gasteiger partial charge in [-0.2, -0.15) is 0 Å². The summed E-state index contributed by atoms with van der Waals surface area (Å²) >= 11 is 10.3. The molecular weight excluding hydrogens is 324 g/mol. The molecule has 0 radical (unpaired) electrons. The van der Waals surface area contributed by atoms with Gasteiger partial charge in [-0.25, -0.2) is 4.98 Å². The molecule has 1 heterocycles. The molecule has 3 nitrogen and oxygen atoms in total. The lowest BCUT2D eigenvalue weighted by Gasteiger charge is -2.03. The lowest BCUT2D eigenvalue weighted by molar-refractivity contribution is 0.102. The minimum atomic E-state index is -0.187. The summed E-state index contributed by atoms with van der Waals surface area (Å²) in [5.41, 5.74) is 1.34. The standard InChI is InChI=1S/C11H8BrClN2OS/c12-9-4-2-1-3-8(9)10(16)15-11-14-7(5-13)6-17-11/h1-4,6H,5H2,(H,14,15,16). The average Bonchev–Trinajstić information content (AvgIpc) is 2.77. The van der Waals surface area contributed by atoms with Crippen molar-refractivity contribution in [3.05, 3.63) is 45.4 Å². The molecule has 17 heavy (non-hydrogen) atoms. The summed E-state index contributed by atoms with van der Waals surface area (Å²) in [4.78, 5) is 16.1. The van der Waals surface area contributed by atoms with Crippen molar-refractivity contribution in [3.8, 4) is 0 Å². The Labute approximate surface area is 116 Å². The van der Waals surface area contributed by atoms with Gasteiger partial charge in [0.05, 0.1) is 17.1 Å². The summed E-state index contributed by atoms with van der Waals surface area (Å²) in [6.07, 6.45) is 0. The zero-order chi connectivity index (χ0) is 12.3. The van der Waals surface area contributed by atoms with Crippen molar-refractivity contribution in [1.29, 1.82) is 0 Å². The van der Waals surface area contributed by atoms with E-state index in [1.54, 1.807) is 6.07 Å². The second kappa shape index (κ2) is 5.62. The number of anilines is 1. The molecule has 0 atom stereocenters. The van der Waals surface area contributed by atoms with Crippen LogP contribution in [0.4, 0.5) is 5.13 Å². The number of alkyl halides is 1. The fourth-order valence-corrected chi connectivity index (χ4v) is 2.63. The minimum absolute atomic E-state index is 0.187. The molecule has 1 N–H and O–H groups in total. The summed E-state index contributed by atoms with van der Waals surface area (Å²) in [5.74, 6) is 0.162. The normalized spacial score (nSPS) is 10.2. The SMILES string of the molecule is O=C(Nc1nc(CCl)cs1)c1ccccc1Br. The molecule has 0 aliphatic carbocycles. The number of hydrogen-bond acceptors (Lipinski definition) is 3. The maximum atomic E-state index is 11.9. The van der Waals surface area contributed by atoms with Gasteiger partial charge in [0.25, 0.3) is 5.91 Å². The molecule has 1 amide bonds. The molecule has 0 aliphatic rings. The second-order valence-electron chi connectivity index (χ2n) is 3.21. The lowest BCUT2D eigenvalue weighted by Crippen LogP contribution is -2.12. The van der Waals surface area contributed by atoms with Gasteiger partial charge in [0.1, 0.15) is 0 Å². The molecule has 6 heteroatoms. The minimum Gasteiger partial charge on any atom is -0.298 e. The van der Waals surface area contributed by atoms with E-state index < -0.39 is 0 Å². The molecule has 0 aliphatic heterocycles. The van der Waals surface area contributed by atoms with Crippen LogP contribution in [0.2, 0.25) is 0 Å². The highest BCUT2D eigenvalue weighted by molar-refractivity contribution is 9.10. The molecule has 2 aromatic rings. The number of benzene rings is 1. The molecule has 1 aromatic carbocycles. The van der Waals surface area contributed by atoms with Crippen LogP contribution in [-0.4, -0.2) is 10.9 Å². The number of hydrogen-bond donors (Lipinski definition) is 1. The summed E-state index contributed by atoms with van der Waals surface area (Å²) in [7, 11) is 0. The Morgan fingerprint density at radius 1 is 1.47 bits per heavy atom. The van der Waals surface area contributed by atoms with E-state index in [1.807, 2.05) is 23.6 Å². The summed E-state index contributed by atoms with van der Waals surface area (Å²) in [6.45, 7) is 0. The fraction of sp³-hybridized carbons (Fsp3) is 0.0909. The first-order valence-electron chi connectivity index (χ1n) is 4.77. The van der Waals surface area contributed by atoms with Gasteiger partial charge in [-0.1, -0.05) is 12.1 Å². The van der Waals surface area contributed by atoms with Crippen LogP contribution in [-0.2, 0) is 5.88 Å². The van der Waals surface area contributed by atoms with Gasteiger partial charge in [-0.05, 0) is 28.1 Å². The summed E-state index contributed by atoms with van der Waals surface area (Å²) in [6, 6.07) is 7.23. The summed E-state index contributed by atoms with van der Waals surface area (Å²) < 4.78 is 0.756. The average molecular weight is 332 g/mol. The highest BCUT2D eigenvalue weighted by atomic mass is 79.9. The van der Waals surface area contributed by atoms with Gasteiger partial charge in [0, 0.05) is 9.85 Å². The number of halogens is 2. The van der Waals surface area contributed by atoms with E-state index in [0.717, 1.165) is 10.2 Å². The van der Waals surface area contributed by atoms with Crippen LogP contribution >= 0.6 is 38.9 Å². The Morgan fingerprint density at radius 2 is 2.24 bits per heavy atom. The zero-order valence-corrected chi connectivity index (χ0v) is 11.8. The number of nitrogens with one attached hydrogen (secondary N) is 1. The molecule has 0 spiro atoms. The molecule has 0 saturated carbocycles. The van der Waals surface area contributed by atoms with E-state index in [1.165, 1.54) is 11.3 Å². The number of thiazole rings is 1. The van der Waals surface area contributed by atoms with Crippen molar-refractivity contribution in [2.45, 2.75) is 5.88 Å². The molecule has 0 unspecified atom stereocenters. The number of amides is 1. The van der Waals surface area contributed by atoms with Gasteiger partial charge in [-0.3, -0.25) is 10.1 Å². The van der Waals surface area contributed by atoms with E-state index in [4.69, 9.17) is 11.6 Å². The first-order chi connectivity index (χ1) is 8.20. The van der Waals surface area contributed by atoms with Crippen molar-refractivity contribution in [3.63, 3.8) is 0 Å². The zero-order valence-electron chi connectivity index (χ0n) is 8.61. The predicted octanol–water partition coefficient (Wildman–Crippen LogP) is 3.90. The van der Waals surface area contributed by atoms with Gasteiger partial charge >= 0.3 is 0 Å². The molecule has 2 rings (SSSR count). The molecule has 0 bridgehead atoms. The molecule has 0 fully saturated rings. The largest absolute Gasteiger partial charge is 0.298 e. The van der Waals surface area contributed by atoms with Gasteiger partial charge in [0.2, 0.25) is 0 Å². The fourth-order valence-electron chi connectivity index (χ4n) is 1.24. The number of carbonyl (C=O) groups is 1. The third-order valence-electron chi connectivity index (χ3n) is 2.03. The molecule has 1 aromatic heterocycles. The maximum absolute atomic E-state index is 11.9. The number of rotatable bonds is 3.